The van der Waals surface area contributed by atoms with Gasteiger partial charge in [0.05, 0.1) is 0 Å². The molecule has 1 aromatic heterocycles. The Morgan fingerprint density at radius 3 is 2.75 bits per heavy atom. The van der Waals surface area contributed by atoms with Gasteiger partial charge in [-0.1, -0.05) is 20.8 Å². The first-order chi connectivity index (χ1) is 9.50. The molecular weight excluding hydrogens is 248 g/mol. The summed E-state index contributed by atoms with van der Waals surface area (Å²) in [5, 5.41) is 0. The lowest BCUT2D eigenvalue weighted by Crippen LogP contribution is -2.31. The predicted molar refractivity (Wildman–Crippen MR) is 81.1 cm³/mol. The van der Waals surface area contributed by atoms with Crippen molar-refractivity contribution < 1.29 is 4.79 Å². The van der Waals surface area contributed by atoms with Gasteiger partial charge in [0.15, 0.2) is 5.78 Å². The van der Waals surface area contributed by atoms with Crippen LogP contribution in [0.1, 0.15) is 56.1 Å². The van der Waals surface area contributed by atoms with Crippen LogP contribution >= 0.6 is 0 Å². The van der Waals surface area contributed by atoms with Crippen LogP contribution in [0.25, 0.3) is 0 Å². The Kier molecular flexibility index (Phi) is 3.49. The van der Waals surface area contributed by atoms with Crippen LogP contribution in [0.4, 0.5) is 0 Å². The summed E-state index contributed by atoms with van der Waals surface area (Å²) >= 11 is 0. The standard InChI is InChI=1S/C17H26N2O/c1-4-18(13-5-6-13)9-10-19-8-7-14-15(19)11-17(2,3)12-16(14)20/h7-8,13H,4-6,9-12H2,1-3H3. The van der Waals surface area contributed by atoms with Crippen LogP contribution in [0.2, 0.25) is 0 Å². The van der Waals surface area contributed by atoms with E-state index < -0.39 is 0 Å². The first-order valence-electron chi connectivity index (χ1n) is 7.95. The molecule has 110 valence electrons. The van der Waals surface area contributed by atoms with Crippen LogP contribution < -0.4 is 0 Å². The lowest BCUT2D eigenvalue weighted by Gasteiger charge is -2.30. The van der Waals surface area contributed by atoms with Crippen LogP contribution in [0.5, 0.6) is 0 Å². The zero-order valence-corrected chi connectivity index (χ0v) is 13.0. The summed E-state index contributed by atoms with van der Waals surface area (Å²) in [7, 11) is 0. The van der Waals surface area contributed by atoms with Gasteiger partial charge in [-0.3, -0.25) is 9.69 Å². The SMILES string of the molecule is CCN(CCn1ccc2c1CC(C)(C)CC2=O)C1CC1. The fraction of sp³-hybridized carbons (Fsp3) is 0.706. The van der Waals surface area contributed by atoms with Crippen molar-refractivity contribution in [2.75, 3.05) is 13.1 Å². The molecular formula is C17H26N2O. The van der Waals surface area contributed by atoms with Crippen LogP contribution in [-0.2, 0) is 13.0 Å². The highest BCUT2D eigenvalue weighted by Gasteiger charge is 2.33. The largest absolute Gasteiger partial charge is 0.349 e. The number of carbonyl (C=O) groups excluding carboxylic acids is 1. The summed E-state index contributed by atoms with van der Waals surface area (Å²) in [6.07, 6.45) is 6.56. The quantitative estimate of drug-likeness (QED) is 0.824. The van der Waals surface area contributed by atoms with E-state index in [9.17, 15) is 4.79 Å². The number of nitrogens with zero attached hydrogens (tertiary/aromatic N) is 2. The number of Topliss-reactive ketones (excluding diaryl/α,β-unsaturated/α-hetero) is 1. The van der Waals surface area contributed by atoms with Gasteiger partial charge in [0, 0.05) is 43.0 Å². The van der Waals surface area contributed by atoms with E-state index in [2.05, 4.69) is 36.4 Å². The second kappa shape index (κ2) is 5.03. The molecule has 0 unspecified atom stereocenters. The Bertz CT molecular complexity index is 511. The fourth-order valence-corrected chi connectivity index (χ4v) is 3.49. The summed E-state index contributed by atoms with van der Waals surface area (Å²) in [5.41, 5.74) is 2.35. The average molecular weight is 274 g/mol. The number of rotatable bonds is 5. The first-order valence-corrected chi connectivity index (χ1v) is 7.95. The third-order valence-corrected chi connectivity index (χ3v) is 4.76. The van der Waals surface area contributed by atoms with Crippen LogP contribution in [-0.4, -0.2) is 34.4 Å². The minimum Gasteiger partial charge on any atom is -0.349 e. The van der Waals surface area contributed by atoms with Gasteiger partial charge in [0.2, 0.25) is 0 Å². The number of carbonyl (C=O) groups is 1. The highest BCUT2D eigenvalue weighted by Crippen LogP contribution is 2.35. The number of ketones is 1. The smallest absolute Gasteiger partial charge is 0.165 e. The maximum Gasteiger partial charge on any atom is 0.165 e. The number of hydrogen-bond donors (Lipinski definition) is 0. The summed E-state index contributed by atoms with van der Waals surface area (Å²) in [4.78, 5) is 14.8. The van der Waals surface area contributed by atoms with Gasteiger partial charge in [-0.25, -0.2) is 0 Å². The van der Waals surface area contributed by atoms with Crippen molar-refractivity contribution >= 4 is 5.78 Å². The molecule has 0 N–H and O–H groups in total. The Hall–Kier alpha value is -1.09. The first kappa shape index (κ1) is 13.9. The molecule has 0 radical (unpaired) electrons. The van der Waals surface area contributed by atoms with Gasteiger partial charge >= 0.3 is 0 Å². The van der Waals surface area contributed by atoms with Crippen molar-refractivity contribution in [1.29, 1.82) is 0 Å². The van der Waals surface area contributed by atoms with Crippen molar-refractivity contribution in [2.45, 2.75) is 59.0 Å². The van der Waals surface area contributed by atoms with E-state index in [1.54, 1.807) is 0 Å². The minimum atomic E-state index is 0.112. The summed E-state index contributed by atoms with van der Waals surface area (Å²) < 4.78 is 2.32. The highest BCUT2D eigenvalue weighted by molar-refractivity contribution is 5.98. The third kappa shape index (κ3) is 2.69. The molecule has 0 aliphatic heterocycles. The van der Waals surface area contributed by atoms with Crippen LogP contribution in [0, 0.1) is 5.41 Å². The van der Waals surface area contributed by atoms with Crippen LogP contribution in [0.15, 0.2) is 12.3 Å². The third-order valence-electron chi connectivity index (χ3n) is 4.76. The van der Waals surface area contributed by atoms with Crippen molar-refractivity contribution in [2.24, 2.45) is 5.41 Å². The zero-order valence-electron chi connectivity index (χ0n) is 13.0. The lowest BCUT2D eigenvalue weighted by molar-refractivity contribution is 0.0909. The molecule has 0 aromatic carbocycles. The van der Waals surface area contributed by atoms with E-state index in [4.69, 9.17) is 0 Å². The summed E-state index contributed by atoms with van der Waals surface area (Å²) in [6, 6.07) is 2.85. The van der Waals surface area contributed by atoms with Gasteiger partial charge in [-0.05, 0) is 37.3 Å². The molecule has 20 heavy (non-hydrogen) atoms. The van der Waals surface area contributed by atoms with E-state index >= 15 is 0 Å². The molecule has 3 nitrogen and oxygen atoms in total. The Labute approximate surface area is 122 Å². The molecule has 3 rings (SSSR count). The summed E-state index contributed by atoms with van der Waals surface area (Å²) in [5.74, 6) is 0.324. The molecule has 0 atom stereocenters. The average Bonchev–Trinajstić information content (AvgIpc) is 3.12. The second-order valence-electron chi connectivity index (χ2n) is 7.17. The van der Waals surface area contributed by atoms with E-state index in [-0.39, 0.29) is 5.41 Å². The molecule has 1 aromatic rings. The maximum atomic E-state index is 12.2. The lowest BCUT2D eigenvalue weighted by atomic mass is 9.76. The number of aromatic nitrogens is 1. The molecule has 3 heteroatoms. The molecule has 0 bridgehead atoms. The normalized spacial score (nSPS) is 21.3. The van der Waals surface area contributed by atoms with E-state index in [1.807, 2.05) is 6.07 Å². The number of hydrogen-bond acceptors (Lipinski definition) is 2. The molecule has 1 fully saturated rings. The monoisotopic (exact) mass is 274 g/mol. The second-order valence-corrected chi connectivity index (χ2v) is 7.17. The fourth-order valence-electron chi connectivity index (χ4n) is 3.49. The van der Waals surface area contributed by atoms with Gasteiger partial charge in [-0.15, -0.1) is 0 Å². The molecule has 2 aliphatic carbocycles. The molecule has 0 amide bonds. The maximum absolute atomic E-state index is 12.2. The molecule has 1 heterocycles. The van der Waals surface area contributed by atoms with Crippen molar-refractivity contribution in [3.63, 3.8) is 0 Å². The molecule has 0 saturated heterocycles. The van der Waals surface area contributed by atoms with E-state index in [0.717, 1.165) is 37.7 Å². The Morgan fingerprint density at radius 1 is 1.35 bits per heavy atom. The van der Waals surface area contributed by atoms with Crippen LogP contribution in [0.3, 0.4) is 0 Å². The molecule has 0 spiro atoms. The Balaban J connectivity index is 1.73. The predicted octanol–water partition coefficient (Wildman–Crippen LogP) is 3.13. The van der Waals surface area contributed by atoms with Crippen molar-refractivity contribution in [3.05, 3.63) is 23.5 Å². The topological polar surface area (TPSA) is 25.2 Å². The minimum absolute atomic E-state index is 0.112. The highest BCUT2D eigenvalue weighted by atomic mass is 16.1. The molecule has 2 aliphatic rings. The molecule has 1 saturated carbocycles. The van der Waals surface area contributed by atoms with Gasteiger partial charge < -0.3 is 4.57 Å². The van der Waals surface area contributed by atoms with Crippen molar-refractivity contribution in [1.82, 2.24) is 9.47 Å². The van der Waals surface area contributed by atoms with E-state index in [0.29, 0.717) is 12.2 Å². The number of likely N-dealkylation sites (N-methyl/N-ethyl adjacent to an activating group) is 1. The Morgan fingerprint density at radius 2 is 2.10 bits per heavy atom. The van der Waals surface area contributed by atoms with Gasteiger partial charge in [0.25, 0.3) is 0 Å². The van der Waals surface area contributed by atoms with Crippen molar-refractivity contribution in [3.8, 4) is 0 Å². The zero-order chi connectivity index (χ0) is 14.3. The van der Waals surface area contributed by atoms with E-state index in [1.165, 1.54) is 18.5 Å². The van der Waals surface area contributed by atoms with Gasteiger partial charge in [0.1, 0.15) is 0 Å². The summed E-state index contributed by atoms with van der Waals surface area (Å²) in [6.45, 7) is 9.91. The van der Waals surface area contributed by atoms with Gasteiger partial charge in [-0.2, -0.15) is 0 Å². The number of fused-ring (bicyclic) bond motifs is 1.